The average molecular weight is 460 g/mol. The van der Waals surface area contributed by atoms with E-state index < -0.39 is 53.0 Å². The number of rotatable bonds is 3. The summed E-state index contributed by atoms with van der Waals surface area (Å²) in [4.78, 5) is 53.3. The molecule has 0 saturated carbocycles. The fraction of sp³-hybridized carbons (Fsp3) is 0.286. The van der Waals surface area contributed by atoms with Crippen molar-refractivity contribution in [1.29, 1.82) is 0 Å². The maximum atomic E-state index is 14.1. The Morgan fingerprint density at radius 1 is 1.31 bits per heavy atom. The number of esters is 1. The number of pyridine rings is 1. The molecule has 0 radical (unpaired) electrons. The van der Waals surface area contributed by atoms with E-state index in [1.807, 2.05) is 0 Å². The van der Waals surface area contributed by atoms with Crippen molar-refractivity contribution in [3.63, 3.8) is 0 Å². The predicted octanol–water partition coefficient (Wildman–Crippen LogP) is 0.390. The van der Waals surface area contributed by atoms with Crippen LogP contribution in [0.25, 0.3) is 0 Å². The first-order chi connectivity index (χ1) is 15.2. The fourth-order valence-electron chi connectivity index (χ4n) is 2.51. The zero-order chi connectivity index (χ0) is 23.7. The number of carbonyl (C=O) groups excluding carboxylic acids is 4. The third-order valence-electron chi connectivity index (χ3n) is 4.10. The van der Waals surface area contributed by atoms with Crippen molar-refractivity contribution in [2.24, 2.45) is 0 Å². The minimum atomic E-state index is -1.52. The highest BCUT2D eigenvalue weighted by molar-refractivity contribution is 7.80. The molecule has 2 atom stereocenters. The van der Waals surface area contributed by atoms with Crippen LogP contribution < -0.4 is 16.0 Å². The molecule has 0 saturated heterocycles. The standard InChI is InChI=1S/C21H21FN4O5S/c1-3-16-21(30)31-14(6-4-5-9-32)10-17(27)23-11-13-7-8-15(22)18(25-13)20(29)24-12(2)19(28)26-16/h1,4,6-8,14,16,32H,2,5,9-11H2,(H,23,27)(H,24,29)(H,26,28)/b6-4+/t14-,16+/m1/s1. The molecular weight excluding hydrogens is 439 g/mol. The van der Waals surface area contributed by atoms with Crippen LogP contribution in [0.4, 0.5) is 4.39 Å². The highest BCUT2D eigenvalue weighted by atomic mass is 32.1. The lowest BCUT2D eigenvalue weighted by molar-refractivity contribution is -0.150. The molecule has 1 aliphatic heterocycles. The zero-order valence-electron chi connectivity index (χ0n) is 16.9. The molecule has 0 spiro atoms. The molecule has 3 N–H and O–H groups in total. The van der Waals surface area contributed by atoms with E-state index >= 15 is 0 Å². The number of nitrogens with zero attached hydrogens (tertiary/aromatic N) is 1. The van der Waals surface area contributed by atoms with E-state index in [-0.39, 0.29) is 18.7 Å². The van der Waals surface area contributed by atoms with Crippen molar-refractivity contribution in [2.45, 2.75) is 31.5 Å². The third kappa shape index (κ3) is 6.95. The fourth-order valence-corrected chi connectivity index (χ4v) is 2.66. The number of cyclic esters (lactones) is 1. The second kappa shape index (κ2) is 11.7. The van der Waals surface area contributed by atoms with E-state index in [1.54, 1.807) is 6.08 Å². The molecule has 2 rings (SSSR count). The van der Waals surface area contributed by atoms with Gasteiger partial charge in [0.05, 0.1) is 24.4 Å². The lowest BCUT2D eigenvalue weighted by Gasteiger charge is -2.19. The van der Waals surface area contributed by atoms with Gasteiger partial charge in [0, 0.05) is 0 Å². The molecule has 1 aromatic heterocycles. The smallest absolute Gasteiger partial charge is 0.341 e. The number of thiol groups is 1. The SMILES string of the molecule is C#C[C@@H]1NC(=O)C(=C)NC(=O)c2nc(ccc2F)CNC(=O)C[C@@H](/C=C/CCS)OC1=O. The summed E-state index contributed by atoms with van der Waals surface area (Å²) >= 11 is 4.08. The van der Waals surface area contributed by atoms with Gasteiger partial charge < -0.3 is 20.7 Å². The Morgan fingerprint density at radius 3 is 2.75 bits per heavy atom. The van der Waals surface area contributed by atoms with E-state index in [9.17, 15) is 23.6 Å². The summed E-state index contributed by atoms with van der Waals surface area (Å²) in [5, 5.41) is 6.83. The van der Waals surface area contributed by atoms with Gasteiger partial charge in [-0.05, 0) is 30.4 Å². The predicted molar refractivity (Wildman–Crippen MR) is 116 cm³/mol. The van der Waals surface area contributed by atoms with Crippen molar-refractivity contribution >= 4 is 36.3 Å². The van der Waals surface area contributed by atoms with E-state index in [0.717, 1.165) is 6.07 Å². The molecule has 1 aliphatic rings. The maximum Gasteiger partial charge on any atom is 0.341 e. The van der Waals surface area contributed by atoms with Gasteiger partial charge in [-0.25, -0.2) is 14.2 Å². The van der Waals surface area contributed by atoms with Gasteiger partial charge in [0.15, 0.2) is 17.6 Å². The molecule has 0 aliphatic carbocycles. The Labute approximate surface area is 189 Å². The van der Waals surface area contributed by atoms with Gasteiger partial charge in [-0.1, -0.05) is 18.6 Å². The maximum absolute atomic E-state index is 14.1. The summed E-state index contributed by atoms with van der Waals surface area (Å²) in [5.74, 6) is -1.86. The van der Waals surface area contributed by atoms with Gasteiger partial charge in [0.2, 0.25) is 5.91 Å². The van der Waals surface area contributed by atoms with Crippen LogP contribution >= 0.6 is 12.6 Å². The minimum Gasteiger partial charge on any atom is -0.455 e. The van der Waals surface area contributed by atoms with E-state index in [4.69, 9.17) is 11.2 Å². The van der Waals surface area contributed by atoms with Crippen LogP contribution in [0, 0.1) is 18.2 Å². The van der Waals surface area contributed by atoms with Gasteiger partial charge in [-0.3, -0.25) is 14.4 Å². The second-order valence-electron chi connectivity index (χ2n) is 6.54. The minimum absolute atomic E-state index is 0.116. The molecule has 2 heterocycles. The number of fused-ring (bicyclic) bond motifs is 2. The largest absolute Gasteiger partial charge is 0.455 e. The Morgan fingerprint density at radius 2 is 2.06 bits per heavy atom. The van der Waals surface area contributed by atoms with E-state index in [2.05, 4.69) is 46.1 Å². The van der Waals surface area contributed by atoms with Gasteiger partial charge in [-0.2, -0.15) is 12.6 Å². The topological polar surface area (TPSA) is 126 Å². The van der Waals surface area contributed by atoms with Crippen molar-refractivity contribution in [3.05, 3.63) is 53.8 Å². The average Bonchev–Trinajstić information content (AvgIpc) is 2.75. The summed E-state index contributed by atoms with van der Waals surface area (Å²) in [6.45, 7) is 3.28. The normalized spacial score (nSPS) is 20.7. The Bertz CT molecular complexity index is 1000. The Balaban J connectivity index is 2.36. The van der Waals surface area contributed by atoms with Crippen molar-refractivity contribution in [3.8, 4) is 12.3 Å². The summed E-state index contributed by atoms with van der Waals surface area (Å²) in [6.07, 6.45) is 7.86. The lowest BCUT2D eigenvalue weighted by Crippen LogP contribution is -2.45. The molecular formula is C21H21FN4O5S. The van der Waals surface area contributed by atoms with Crippen molar-refractivity contribution in [2.75, 3.05) is 5.75 Å². The van der Waals surface area contributed by atoms with Crippen LogP contribution in [-0.4, -0.2) is 46.6 Å². The van der Waals surface area contributed by atoms with Crippen LogP contribution in [0.1, 0.15) is 29.0 Å². The number of nitrogens with one attached hydrogen (secondary N) is 3. The number of halogens is 1. The first kappa shape index (κ1) is 24.6. The highest BCUT2D eigenvalue weighted by Crippen LogP contribution is 2.09. The van der Waals surface area contributed by atoms with Crippen LogP contribution in [0.15, 0.2) is 36.6 Å². The second-order valence-corrected chi connectivity index (χ2v) is 6.98. The van der Waals surface area contributed by atoms with Crippen LogP contribution in [-0.2, 0) is 25.7 Å². The number of hydrogen-bond acceptors (Lipinski definition) is 7. The zero-order valence-corrected chi connectivity index (χ0v) is 17.8. The van der Waals surface area contributed by atoms with Gasteiger partial charge in [0.1, 0.15) is 6.10 Å². The molecule has 9 nitrogen and oxygen atoms in total. The number of terminal acetylenes is 1. The highest BCUT2D eigenvalue weighted by Gasteiger charge is 2.26. The number of ether oxygens (including phenoxy) is 1. The number of allylic oxidation sites excluding steroid dienone is 1. The summed E-state index contributed by atoms with van der Waals surface area (Å²) in [5.41, 5.74) is -0.892. The summed E-state index contributed by atoms with van der Waals surface area (Å²) < 4.78 is 19.4. The summed E-state index contributed by atoms with van der Waals surface area (Å²) in [6, 6.07) is 0.777. The number of hydrogen-bond donors (Lipinski definition) is 4. The van der Waals surface area contributed by atoms with Crippen molar-refractivity contribution in [1.82, 2.24) is 20.9 Å². The van der Waals surface area contributed by atoms with E-state index in [0.29, 0.717) is 12.2 Å². The monoisotopic (exact) mass is 460 g/mol. The third-order valence-corrected chi connectivity index (χ3v) is 4.36. The molecule has 0 unspecified atom stereocenters. The lowest BCUT2D eigenvalue weighted by atomic mass is 10.2. The number of aromatic nitrogens is 1. The quantitative estimate of drug-likeness (QED) is 0.170. The Hall–Kier alpha value is -3.65. The number of amides is 3. The molecule has 0 fully saturated rings. The first-order valence-corrected chi connectivity index (χ1v) is 10.1. The van der Waals surface area contributed by atoms with Crippen molar-refractivity contribution < 1.29 is 28.3 Å². The van der Waals surface area contributed by atoms with Gasteiger partial charge in [0.25, 0.3) is 11.8 Å². The molecule has 168 valence electrons. The molecule has 0 aromatic carbocycles. The molecule has 3 amide bonds. The van der Waals surface area contributed by atoms with Crippen LogP contribution in [0.3, 0.4) is 0 Å². The van der Waals surface area contributed by atoms with Crippen LogP contribution in [0.5, 0.6) is 0 Å². The number of carbonyl (C=O) groups is 4. The molecule has 11 heteroatoms. The molecule has 32 heavy (non-hydrogen) atoms. The van der Waals surface area contributed by atoms with Gasteiger partial charge >= 0.3 is 5.97 Å². The first-order valence-electron chi connectivity index (χ1n) is 9.42. The van der Waals surface area contributed by atoms with Crippen LogP contribution in [0.2, 0.25) is 0 Å². The Kier molecular flexibility index (Phi) is 8.97. The van der Waals surface area contributed by atoms with Gasteiger partial charge in [-0.15, -0.1) is 6.42 Å². The molecule has 1 aromatic rings. The molecule has 2 bridgehead atoms. The van der Waals surface area contributed by atoms with E-state index in [1.165, 1.54) is 12.1 Å². The summed E-state index contributed by atoms with van der Waals surface area (Å²) in [7, 11) is 0.